The number of nitrogens with zero attached hydrogens (tertiary/aromatic N) is 3. The molecule has 2 fully saturated rings. The molecule has 2 aliphatic carbocycles. The minimum absolute atomic E-state index is 0. The van der Waals surface area contributed by atoms with Gasteiger partial charge in [-0.3, -0.25) is 0 Å². The summed E-state index contributed by atoms with van der Waals surface area (Å²) in [4.78, 5) is 11.1. The number of nitrogens with one attached hydrogen (secondary N) is 2. The summed E-state index contributed by atoms with van der Waals surface area (Å²) < 4.78 is 10.4. The largest absolute Gasteiger partial charge is 0.469 e. The second kappa shape index (κ2) is 21.4. The first-order valence-corrected chi connectivity index (χ1v) is 11.9. The van der Waals surface area contributed by atoms with Gasteiger partial charge in [0.2, 0.25) is 0 Å². The van der Waals surface area contributed by atoms with Crippen molar-refractivity contribution in [1.29, 1.82) is 0 Å². The van der Waals surface area contributed by atoms with Crippen molar-refractivity contribution in [3.8, 4) is 0 Å². The fraction of sp³-hybridized carbons (Fsp3) is 0.920. The summed E-state index contributed by atoms with van der Waals surface area (Å²) in [6.07, 6.45) is 14.2. The molecule has 0 radical (unpaired) electrons. The van der Waals surface area contributed by atoms with Gasteiger partial charge >= 0.3 is 0 Å². The Hall–Kier alpha value is -1.50. The van der Waals surface area contributed by atoms with Crippen LogP contribution in [-0.2, 0) is 9.47 Å². The molecule has 0 saturated heterocycles. The van der Waals surface area contributed by atoms with E-state index < -0.39 is 0 Å². The summed E-state index contributed by atoms with van der Waals surface area (Å²) >= 11 is 0. The Kier molecular flexibility index (Phi) is 21.8. The third-order valence-electron chi connectivity index (χ3n) is 5.54. The monoisotopic (exact) mass is 457 g/mol. The van der Waals surface area contributed by atoms with E-state index in [4.69, 9.17) is 14.5 Å². The molecule has 7 heteroatoms. The molecule has 0 unspecified atom stereocenters. The third-order valence-corrected chi connectivity index (χ3v) is 5.54. The normalized spacial score (nSPS) is 17.9. The Labute approximate surface area is 199 Å². The van der Waals surface area contributed by atoms with Crippen molar-refractivity contribution in [3.63, 3.8) is 0 Å². The molecule has 2 aliphatic rings. The van der Waals surface area contributed by atoms with Crippen molar-refractivity contribution < 1.29 is 9.47 Å². The summed E-state index contributed by atoms with van der Waals surface area (Å²) in [6.45, 7) is 4.75. The molecule has 2 rings (SSSR count). The Balaban J connectivity index is 0. The van der Waals surface area contributed by atoms with E-state index >= 15 is 0 Å². The van der Waals surface area contributed by atoms with E-state index in [1.165, 1.54) is 64.2 Å². The van der Waals surface area contributed by atoms with Gasteiger partial charge in [0.15, 0.2) is 0 Å². The first-order chi connectivity index (χ1) is 14.6. The second-order valence-corrected chi connectivity index (χ2v) is 8.49. The van der Waals surface area contributed by atoms with Crippen LogP contribution in [0.2, 0.25) is 0 Å². The van der Waals surface area contributed by atoms with Gasteiger partial charge in [-0.15, -0.1) is 0 Å². The Bertz CT molecular complexity index is 471. The number of hydrogen-bond acceptors (Lipinski definition) is 5. The average Bonchev–Trinajstić information content (AvgIpc) is 2.77. The molecule has 32 heavy (non-hydrogen) atoms. The number of amidine groups is 2. The van der Waals surface area contributed by atoms with Crippen molar-refractivity contribution in [2.24, 2.45) is 9.98 Å². The first-order valence-electron chi connectivity index (χ1n) is 11.9. The van der Waals surface area contributed by atoms with E-state index in [1.54, 1.807) is 14.2 Å². The van der Waals surface area contributed by atoms with Crippen LogP contribution in [0.15, 0.2) is 9.98 Å². The number of methoxy groups -OCH3 is 2. The van der Waals surface area contributed by atoms with E-state index in [1.807, 2.05) is 6.92 Å². The zero-order valence-corrected chi connectivity index (χ0v) is 20.2. The second-order valence-electron chi connectivity index (χ2n) is 8.49. The van der Waals surface area contributed by atoms with E-state index in [2.05, 4.69) is 34.6 Å². The lowest BCUT2D eigenvalue weighted by molar-refractivity contribution is 0.331. The van der Waals surface area contributed by atoms with Crippen LogP contribution < -0.4 is 10.6 Å². The van der Waals surface area contributed by atoms with Crippen molar-refractivity contribution in [2.75, 3.05) is 47.9 Å². The van der Waals surface area contributed by atoms with Crippen LogP contribution in [0, 0.1) is 0 Å². The maximum Gasteiger partial charge on any atom is 0.284 e. The van der Waals surface area contributed by atoms with Gasteiger partial charge in [-0.05, 0) is 59.7 Å². The van der Waals surface area contributed by atoms with Crippen LogP contribution in [0.3, 0.4) is 0 Å². The highest BCUT2D eigenvalue weighted by Gasteiger charge is 2.17. The van der Waals surface area contributed by atoms with Gasteiger partial charge in [0.1, 0.15) is 0 Å². The predicted molar refractivity (Wildman–Crippen MR) is 141 cm³/mol. The molecule has 0 amide bonds. The van der Waals surface area contributed by atoms with Crippen molar-refractivity contribution in [1.82, 2.24) is 15.5 Å². The van der Waals surface area contributed by atoms with Crippen LogP contribution in [0.5, 0.6) is 0 Å². The van der Waals surface area contributed by atoms with Crippen LogP contribution >= 0.6 is 0 Å². The standard InChI is InChI=1S/C14H26N2O.C9H21N3O.2CH4/c1-17-14(15-12-8-4-2-5-9-12)16-13-10-6-3-7-11-13;1-5-10-9(13-4)11-7-6-8-12(2)3;;/h12-13H,2-11H2,1H3,(H,15,16);5-8H2,1-4H3,(H,10,11);2*1H4. The molecule has 2 N–H and O–H groups in total. The summed E-state index contributed by atoms with van der Waals surface area (Å²) in [5.41, 5.74) is 0. The topological polar surface area (TPSA) is 70.5 Å². The fourth-order valence-electron chi connectivity index (χ4n) is 3.86. The van der Waals surface area contributed by atoms with Crippen molar-refractivity contribution in [3.05, 3.63) is 0 Å². The maximum absolute atomic E-state index is 5.39. The van der Waals surface area contributed by atoms with E-state index in [0.29, 0.717) is 18.1 Å². The fourth-order valence-corrected chi connectivity index (χ4v) is 3.86. The summed E-state index contributed by atoms with van der Waals surface area (Å²) in [6, 6.07) is 2.51. The van der Waals surface area contributed by atoms with Gasteiger partial charge in [-0.2, -0.15) is 0 Å². The van der Waals surface area contributed by atoms with Crippen molar-refractivity contribution >= 4 is 12.0 Å². The summed E-state index contributed by atoms with van der Waals surface area (Å²) in [5.74, 6) is 0. The quantitative estimate of drug-likeness (QED) is 0.317. The molecule has 0 heterocycles. The SMILES string of the molecule is C.C.CCNC(=NCCCN(C)C)OC.COC(=NC1CCCCC1)NC1CCCCC1. The minimum atomic E-state index is 0. The molecule has 0 atom stereocenters. The molecule has 0 aromatic carbocycles. The lowest BCUT2D eigenvalue weighted by atomic mass is 9.95. The average molecular weight is 458 g/mol. The molecule has 0 aromatic rings. The number of aliphatic imine (C=N–C) groups is 2. The molecule has 7 nitrogen and oxygen atoms in total. The van der Waals surface area contributed by atoms with Crippen LogP contribution in [-0.4, -0.2) is 77.0 Å². The van der Waals surface area contributed by atoms with Gasteiger partial charge < -0.3 is 25.0 Å². The number of ether oxygens (including phenoxy) is 2. The lowest BCUT2D eigenvalue weighted by Crippen LogP contribution is -2.38. The van der Waals surface area contributed by atoms with E-state index in [9.17, 15) is 0 Å². The van der Waals surface area contributed by atoms with E-state index in [0.717, 1.165) is 32.1 Å². The van der Waals surface area contributed by atoms with Gasteiger partial charge in [0.05, 0.1) is 20.3 Å². The molecule has 0 aliphatic heterocycles. The molecule has 2 saturated carbocycles. The Morgan fingerprint density at radius 3 is 1.94 bits per heavy atom. The first kappa shape index (κ1) is 32.7. The molecule has 0 spiro atoms. The number of rotatable bonds is 7. The molecule has 0 aromatic heterocycles. The maximum atomic E-state index is 5.39. The van der Waals surface area contributed by atoms with Crippen LogP contribution in [0.1, 0.15) is 92.4 Å². The third kappa shape index (κ3) is 16.2. The smallest absolute Gasteiger partial charge is 0.284 e. The molecule has 0 bridgehead atoms. The summed E-state index contributed by atoms with van der Waals surface area (Å²) in [7, 11) is 7.49. The molecular formula is C25H55N5O2. The molecular weight excluding hydrogens is 402 g/mol. The highest BCUT2D eigenvalue weighted by Crippen LogP contribution is 2.21. The Morgan fingerprint density at radius 2 is 1.44 bits per heavy atom. The lowest BCUT2D eigenvalue weighted by Gasteiger charge is -2.25. The van der Waals surface area contributed by atoms with Gasteiger partial charge in [-0.1, -0.05) is 53.4 Å². The van der Waals surface area contributed by atoms with Gasteiger partial charge in [-0.25, -0.2) is 9.98 Å². The van der Waals surface area contributed by atoms with Gasteiger partial charge in [0, 0.05) is 19.1 Å². The Morgan fingerprint density at radius 1 is 0.875 bits per heavy atom. The van der Waals surface area contributed by atoms with Crippen molar-refractivity contribution in [2.45, 2.75) is 104 Å². The number of hydrogen-bond donors (Lipinski definition) is 2. The van der Waals surface area contributed by atoms with Crippen LogP contribution in [0.4, 0.5) is 0 Å². The summed E-state index contributed by atoms with van der Waals surface area (Å²) in [5, 5.41) is 6.52. The van der Waals surface area contributed by atoms with Gasteiger partial charge in [0.25, 0.3) is 12.0 Å². The zero-order valence-electron chi connectivity index (χ0n) is 20.2. The highest BCUT2D eigenvalue weighted by atomic mass is 16.5. The van der Waals surface area contributed by atoms with Crippen LogP contribution in [0.25, 0.3) is 0 Å². The minimum Gasteiger partial charge on any atom is -0.469 e. The van der Waals surface area contributed by atoms with E-state index in [-0.39, 0.29) is 14.9 Å². The molecule has 192 valence electrons. The highest BCUT2D eigenvalue weighted by molar-refractivity contribution is 5.74. The predicted octanol–water partition coefficient (Wildman–Crippen LogP) is 5.07. The zero-order chi connectivity index (χ0) is 22.0.